The number of rotatable bonds is 5. The second-order valence-corrected chi connectivity index (χ2v) is 7.97. The summed E-state index contributed by atoms with van der Waals surface area (Å²) in [6, 6.07) is 19.1. The van der Waals surface area contributed by atoms with Crippen LogP contribution >= 0.6 is 11.6 Å². The van der Waals surface area contributed by atoms with Crippen LogP contribution in [0.25, 0.3) is 0 Å². The molecule has 3 aromatic rings. The second kappa shape index (κ2) is 8.93. The van der Waals surface area contributed by atoms with Gasteiger partial charge in [-0.3, -0.25) is 9.59 Å². The lowest BCUT2D eigenvalue weighted by Crippen LogP contribution is -2.44. The third-order valence-electron chi connectivity index (χ3n) is 5.74. The van der Waals surface area contributed by atoms with Crippen molar-refractivity contribution < 1.29 is 19.1 Å². The minimum absolute atomic E-state index is 0.134. The van der Waals surface area contributed by atoms with Gasteiger partial charge in [-0.1, -0.05) is 41.9 Å². The molecule has 1 aliphatic rings. The number of carbonyl (C=O) groups is 2. The van der Waals surface area contributed by atoms with Crippen molar-refractivity contribution in [2.75, 3.05) is 26.6 Å². The lowest BCUT2D eigenvalue weighted by molar-refractivity contribution is -0.119. The molecule has 0 fully saturated rings. The van der Waals surface area contributed by atoms with Gasteiger partial charge in [0, 0.05) is 17.6 Å². The first-order valence-corrected chi connectivity index (χ1v) is 10.5. The summed E-state index contributed by atoms with van der Waals surface area (Å²) in [7, 11) is 4.84. The predicted octanol–water partition coefficient (Wildman–Crippen LogP) is 4.91. The lowest BCUT2D eigenvalue weighted by atomic mass is 9.79. The van der Waals surface area contributed by atoms with Gasteiger partial charge in [0.2, 0.25) is 5.91 Å². The number of carbonyl (C=O) groups excluding carboxylic acids is 2. The number of ether oxygens (including phenoxy) is 2. The van der Waals surface area contributed by atoms with Crippen molar-refractivity contribution in [1.29, 1.82) is 0 Å². The van der Waals surface area contributed by atoms with Crippen LogP contribution in [0, 0.1) is 0 Å². The molecule has 2 amide bonds. The average Bonchev–Trinajstić information content (AvgIpc) is 2.81. The van der Waals surface area contributed by atoms with E-state index in [1.54, 1.807) is 49.4 Å². The van der Waals surface area contributed by atoms with E-state index in [-0.39, 0.29) is 11.8 Å². The van der Waals surface area contributed by atoms with E-state index in [4.69, 9.17) is 21.1 Å². The Balaban J connectivity index is 1.80. The maximum atomic E-state index is 13.7. The van der Waals surface area contributed by atoms with E-state index in [2.05, 4.69) is 5.32 Å². The molecule has 0 bridgehead atoms. The Labute approximate surface area is 191 Å². The Morgan fingerprint density at radius 1 is 1.00 bits per heavy atom. The van der Waals surface area contributed by atoms with Crippen LogP contribution in [0.1, 0.15) is 33.4 Å². The molecule has 32 heavy (non-hydrogen) atoms. The number of fused-ring (bicyclic) bond motifs is 1. The third-order valence-corrected chi connectivity index (χ3v) is 5.97. The van der Waals surface area contributed by atoms with Crippen LogP contribution in [-0.4, -0.2) is 38.0 Å². The maximum absolute atomic E-state index is 13.7. The topological polar surface area (TPSA) is 67.9 Å². The smallest absolute Gasteiger partial charge is 0.254 e. The highest BCUT2D eigenvalue weighted by Crippen LogP contribution is 2.43. The Morgan fingerprint density at radius 2 is 1.72 bits per heavy atom. The normalized spacial score (nSPS) is 17.5. The van der Waals surface area contributed by atoms with Gasteiger partial charge in [-0.25, -0.2) is 0 Å². The zero-order valence-corrected chi connectivity index (χ0v) is 18.7. The number of anilines is 1. The summed E-state index contributed by atoms with van der Waals surface area (Å²) in [5.41, 5.74) is 2.48. The Hall–Kier alpha value is -3.51. The van der Waals surface area contributed by atoms with Gasteiger partial charge in [0.25, 0.3) is 5.91 Å². The van der Waals surface area contributed by atoms with Crippen molar-refractivity contribution in [2.45, 2.75) is 12.0 Å². The minimum atomic E-state index is -0.647. The van der Waals surface area contributed by atoms with Gasteiger partial charge in [-0.2, -0.15) is 0 Å². The molecule has 4 rings (SSSR count). The van der Waals surface area contributed by atoms with Gasteiger partial charge in [-0.15, -0.1) is 0 Å². The van der Waals surface area contributed by atoms with E-state index in [1.807, 2.05) is 36.4 Å². The van der Waals surface area contributed by atoms with Gasteiger partial charge < -0.3 is 19.7 Å². The van der Waals surface area contributed by atoms with Crippen molar-refractivity contribution in [3.05, 3.63) is 88.4 Å². The second-order valence-electron chi connectivity index (χ2n) is 7.53. The van der Waals surface area contributed by atoms with E-state index in [0.29, 0.717) is 33.3 Å². The van der Waals surface area contributed by atoms with Crippen LogP contribution in [0.5, 0.6) is 11.5 Å². The molecule has 1 heterocycles. The Kier molecular flexibility index (Phi) is 6.06. The average molecular weight is 451 g/mol. The molecule has 3 aromatic carbocycles. The number of hydrogen-bond acceptors (Lipinski definition) is 4. The van der Waals surface area contributed by atoms with E-state index in [0.717, 1.165) is 5.56 Å². The van der Waals surface area contributed by atoms with Crippen LogP contribution < -0.4 is 14.8 Å². The van der Waals surface area contributed by atoms with Gasteiger partial charge >= 0.3 is 0 Å². The van der Waals surface area contributed by atoms with Crippen LogP contribution in [0.4, 0.5) is 5.69 Å². The molecular weight excluding hydrogens is 428 g/mol. The van der Waals surface area contributed by atoms with Crippen molar-refractivity contribution in [3.63, 3.8) is 0 Å². The molecule has 0 saturated heterocycles. The van der Waals surface area contributed by atoms with E-state index in [9.17, 15) is 9.59 Å². The van der Waals surface area contributed by atoms with Gasteiger partial charge in [-0.05, 0) is 47.5 Å². The number of nitrogens with zero attached hydrogens (tertiary/aromatic N) is 1. The largest absolute Gasteiger partial charge is 0.497 e. The Bertz CT molecular complexity index is 1160. The number of likely N-dealkylation sites (N-methyl/N-ethyl adjacent to an activating group) is 1. The minimum Gasteiger partial charge on any atom is -0.497 e. The number of hydrogen-bond donors (Lipinski definition) is 1. The van der Waals surface area contributed by atoms with E-state index >= 15 is 0 Å². The fourth-order valence-corrected chi connectivity index (χ4v) is 4.34. The Morgan fingerprint density at radius 3 is 2.41 bits per heavy atom. The molecule has 0 unspecified atom stereocenters. The quantitative estimate of drug-likeness (QED) is 0.600. The van der Waals surface area contributed by atoms with Crippen LogP contribution in [-0.2, 0) is 4.79 Å². The molecule has 7 heteroatoms. The van der Waals surface area contributed by atoms with Crippen molar-refractivity contribution in [3.8, 4) is 11.5 Å². The van der Waals surface area contributed by atoms with Crippen molar-refractivity contribution in [1.82, 2.24) is 4.90 Å². The standard InChI is InChI=1S/C25H23ClN2O4/c1-28-23(15-8-11-17(31-2)12-9-15)22(18-6-4-5-7-19(18)25(28)30)24(29)27-20-14-16(26)10-13-21(20)32-3/h4-14,22-23H,1-3H3,(H,27,29)/t22-,23-/m0/s1. The van der Waals surface area contributed by atoms with Crippen molar-refractivity contribution >= 4 is 29.1 Å². The van der Waals surface area contributed by atoms with Gasteiger partial charge in [0.1, 0.15) is 11.5 Å². The summed E-state index contributed by atoms with van der Waals surface area (Å²) in [6.07, 6.45) is 0. The molecule has 1 aliphatic heterocycles. The molecule has 2 atom stereocenters. The molecule has 6 nitrogen and oxygen atoms in total. The molecule has 1 N–H and O–H groups in total. The zero-order chi connectivity index (χ0) is 22.8. The molecular formula is C25H23ClN2O4. The fourth-order valence-electron chi connectivity index (χ4n) is 4.16. The first kappa shape index (κ1) is 21.7. The summed E-state index contributed by atoms with van der Waals surface area (Å²) in [5.74, 6) is 0.149. The van der Waals surface area contributed by atoms with Gasteiger partial charge in [0.15, 0.2) is 0 Å². The first-order chi connectivity index (χ1) is 15.4. The third kappa shape index (κ3) is 3.89. The number of halogens is 1. The molecule has 0 saturated carbocycles. The van der Waals surface area contributed by atoms with Gasteiger partial charge in [0.05, 0.1) is 31.9 Å². The molecule has 164 valence electrons. The summed E-state index contributed by atoms with van der Waals surface area (Å²) in [6.45, 7) is 0. The predicted molar refractivity (Wildman–Crippen MR) is 124 cm³/mol. The molecule has 0 radical (unpaired) electrons. The number of benzene rings is 3. The summed E-state index contributed by atoms with van der Waals surface area (Å²) in [5, 5.41) is 3.44. The molecule has 0 spiro atoms. The highest BCUT2D eigenvalue weighted by Gasteiger charge is 2.42. The van der Waals surface area contributed by atoms with Crippen LogP contribution in [0.3, 0.4) is 0 Å². The number of amides is 2. The summed E-state index contributed by atoms with van der Waals surface area (Å²) in [4.78, 5) is 28.4. The SMILES string of the molecule is COc1ccc([C@H]2[C@@H](C(=O)Nc3cc(Cl)ccc3OC)c3ccccc3C(=O)N2C)cc1. The monoisotopic (exact) mass is 450 g/mol. The summed E-state index contributed by atoms with van der Waals surface area (Å²) < 4.78 is 10.6. The lowest BCUT2D eigenvalue weighted by Gasteiger charge is -2.39. The highest BCUT2D eigenvalue weighted by atomic mass is 35.5. The zero-order valence-electron chi connectivity index (χ0n) is 18.0. The van der Waals surface area contributed by atoms with E-state index < -0.39 is 12.0 Å². The molecule has 0 aromatic heterocycles. The number of nitrogens with one attached hydrogen (secondary N) is 1. The van der Waals surface area contributed by atoms with Crippen LogP contribution in [0.15, 0.2) is 66.7 Å². The number of methoxy groups -OCH3 is 2. The van der Waals surface area contributed by atoms with Crippen LogP contribution in [0.2, 0.25) is 5.02 Å². The van der Waals surface area contributed by atoms with E-state index in [1.165, 1.54) is 7.11 Å². The first-order valence-electron chi connectivity index (χ1n) is 10.1. The maximum Gasteiger partial charge on any atom is 0.254 e. The highest BCUT2D eigenvalue weighted by molar-refractivity contribution is 6.31. The molecule has 0 aliphatic carbocycles. The fraction of sp³-hybridized carbons (Fsp3) is 0.200. The van der Waals surface area contributed by atoms with Crippen molar-refractivity contribution in [2.24, 2.45) is 0 Å². The summed E-state index contributed by atoms with van der Waals surface area (Å²) >= 11 is 6.15.